The molecule has 15 heteroatoms. The van der Waals surface area contributed by atoms with E-state index in [1.807, 2.05) is 0 Å². The molecule has 2 aromatic carbocycles. The van der Waals surface area contributed by atoms with Crippen LogP contribution in [0, 0.1) is 0 Å². The first-order valence-corrected chi connectivity index (χ1v) is 10.5. The van der Waals surface area contributed by atoms with Crippen molar-refractivity contribution in [3.05, 3.63) is 59.7 Å². The average Bonchev–Trinajstić information content (AvgIpc) is 2.73. The minimum absolute atomic E-state index is 0.0423. The zero-order valence-electron chi connectivity index (χ0n) is 18.6. The summed E-state index contributed by atoms with van der Waals surface area (Å²) in [6.07, 6.45) is -19.5. The molecular weight excluding hydrogens is 535 g/mol. The van der Waals surface area contributed by atoms with E-state index in [1.54, 1.807) is 6.07 Å². The van der Waals surface area contributed by atoms with Gasteiger partial charge >= 0.3 is 25.6 Å². The number of alkyl halides is 11. The molecule has 4 nitrogen and oxygen atoms in total. The lowest BCUT2D eigenvalue weighted by atomic mass is 10.0. The molecule has 0 fully saturated rings. The summed E-state index contributed by atoms with van der Waals surface area (Å²) in [7, 11) is 0. The molecule has 0 aliphatic carbocycles. The first kappa shape index (κ1) is 30.4. The van der Waals surface area contributed by atoms with Crippen molar-refractivity contribution in [2.45, 2.75) is 57.5 Å². The second kappa shape index (κ2) is 12.6. The number of hydrogen-bond donors (Lipinski definition) is 0. The van der Waals surface area contributed by atoms with Gasteiger partial charge in [0.15, 0.2) is 0 Å². The van der Waals surface area contributed by atoms with Crippen molar-refractivity contribution < 1.29 is 62.5 Å². The Morgan fingerprint density at radius 1 is 0.784 bits per heavy atom. The molecule has 1 atom stereocenters. The Morgan fingerprint density at radius 2 is 1.43 bits per heavy atom. The third-order valence-electron chi connectivity index (χ3n) is 4.73. The maximum atomic E-state index is 12.8. The molecule has 0 saturated heterocycles. The molecule has 0 spiro atoms. The van der Waals surface area contributed by atoms with Crippen molar-refractivity contribution in [1.29, 1.82) is 0 Å². The molecule has 0 aromatic heterocycles. The fraction of sp³-hybridized carbons (Fsp3) is 0.455. The number of rotatable bonds is 12. The van der Waals surface area contributed by atoms with E-state index in [2.05, 4.69) is 9.47 Å². The molecular formula is C22H20F11NO3. The van der Waals surface area contributed by atoms with E-state index in [0.29, 0.717) is 11.1 Å². The number of halogens is 11. The molecule has 0 bridgehead atoms. The molecule has 0 aliphatic rings. The normalized spacial score (nSPS) is 13.8. The smallest absolute Gasteiger partial charge is 0.464 e. The molecule has 0 unspecified atom stereocenters. The molecule has 0 N–H and O–H groups in total. The van der Waals surface area contributed by atoms with Gasteiger partial charge in [-0.15, -0.1) is 18.1 Å². The highest BCUT2D eigenvalue weighted by Gasteiger charge is 2.53. The number of ether oxygens (including phenoxy) is 3. The summed E-state index contributed by atoms with van der Waals surface area (Å²) in [4.78, 5) is -1.69. The zero-order valence-corrected chi connectivity index (χ0v) is 18.6. The van der Waals surface area contributed by atoms with Crippen LogP contribution in [0.1, 0.15) is 24.0 Å². The molecule has 37 heavy (non-hydrogen) atoms. The fourth-order valence-electron chi connectivity index (χ4n) is 3.23. The van der Waals surface area contributed by atoms with Crippen LogP contribution in [0.3, 0.4) is 0 Å². The number of aryl methyl sites for hydroxylation is 2. The summed E-state index contributed by atoms with van der Waals surface area (Å²) in [6, 6.07) is 10.9. The third kappa shape index (κ3) is 11.0. The van der Waals surface area contributed by atoms with Gasteiger partial charge in [-0.25, -0.2) is 0 Å². The van der Waals surface area contributed by atoms with Crippen LogP contribution in [0.25, 0.3) is 0 Å². The average molecular weight is 555 g/mol. The highest BCUT2D eigenvalue weighted by Crippen LogP contribution is 2.34. The Kier molecular flexibility index (Phi) is 10.4. The van der Waals surface area contributed by atoms with E-state index < -0.39 is 61.9 Å². The lowest BCUT2D eigenvalue weighted by Gasteiger charge is -2.27. The lowest BCUT2D eigenvalue weighted by Crippen LogP contribution is -2.48. The van der Waals surface area contributed by atoms with Gasteiger partial charge in [-0.1, -0.05) is 30.3 Å². The van der Waals surface area contributed by atoms with E-state index in [0.717, 1.165) is 12.1 Å². The van der Waals surface area contributed by atoms with Crippen LogP contribution < -0.4 is 9.47 Å². The van der Waals surface area contributed by atoms with Crippen LogP contribution in [-0.2, 0) is 17.6 Å². The van der Waals surface area contributed by atoms with E-state index in [1.165, 1.54) is 30.3 Å². The number of nitrogens with zero attached hydrogens (tertiary/aromatic N) is 1. The van der Waals surface area contributed by atoms with Crippen LogP contribution in [0.15, 0.2) is 48.5 Å². The molecule has 0 aliphatic heterocycles. The van der Waals surface area contributed by atoms with Crippen LogP contribution in [-0.4, -0.2) is 43.3 Å². The summed E-state index contributed by atoms with van der Waals surface area (Å²) in [5, 5.41) is 0. The third-order valence-corrected chi connectivity index (χ3v) is 4.73. The first-order chi connectivity index (χ1) is 17.0. The Bertz CT molecular complexity index is 963. The lowest BCUT2D eigenvalue weighted by molar-refractivity contribution is -0.373. The van der Waals surface area contributed by atoms with Gasteiger partial charge in [0.25, 0.3) is 0 Å². The Hall–Kier alpha value is -2.81. The highest BCUT2D eigenvalue weighted by atomic mass is 19.4. The number of para-hydroxylation sites is 1. The van der Waals surface area contributed by atoms with Crippen LogP contribution >= 0.6 is 0 Å². The van der Waals surface area contributed by atoms with Gasteiger partial charge in [0.05, 0.1) is 0 Å². The van der Waals surface area contributed by atoms with Crippen molar-refractivity contribution >= 4 is 0 Å². The number of benzene rings is 2. The summed E-state index contributed by atoms with van der Waals surface area (Å²) in [6.45, 7) is -5.01. The van der Waals surface area contributed by atoms with Crippen molar-refractivity contribution in [3.63, 3.8) is 0 Å². The topological polar surface area (TPSA) is 30.9 Å². The summed E-state index contributed by atoms with van der Waals surface area (Å²) < 4.78 is 152. The minimum atomic E-state index is -5.73. The summed E-state index contributed by atoms with van der Waals surface area (Å²) >= 11 is 0. The van der Waals surface area contributed by atoms with Crippen LogP contribution in [0.2, 0.25) is 0 Å². The SMILES string of the molecule is FC(F)O[C@H](CCCN(C(F)(F)F)C(F)(F)F)Oc1ccccc1CCc1cccc(OC(F)(F)F)c1. The Labute approximate surface area is 203 Å². The standard InChI is InChI=1S/C22H20F11NO3/c23-19(24)36-18(9-4-12-34(20(25,26)27)21(28,29)30)35-17-8-2-1-6-15(17)11-10-14-5-3-7-16(13-14)37-22(31,32)33/h1-3,5-8,13,18-19H,4,9-12H2/t18-/m1/s1. The van der Waals surface area contributed by atoms with E-state index in [4.69, 9.17) is 4.74 Å². The largest absolute Gasteiger partial charge is 0.573 e. The quantitative estimate of drug-likeness (QED) is 0.155. The molecule has 0 saturated carbocycles. The van der Waals surface area contributed by atoms with Crippen molar-refractivity contribution in [2.75, 3.05) is 6.54 Å². The summed E-state index contributed by atoms with van der Waals surface area (Å²) in [5.74, 6) is -0.494. The predicted octanol–water partition coefficient (Wildman–Crippen LogP) is 7.44. The van der Waals surface area contributed by atoms with E-state index in [9.17, 15) is 48.3 Å². The van der Waals surface area contributed by atoms with E-state index >= 15 is 0 Å². The van der Waals surface area contributed by atoms with Crippen molar-refractivity contribution in [1.82, 2.24) is 4.90 Å². The van der Waals surface area contributed by atoms with Crippen LogP contribution in [0.5, 0.6) is 11.5 Å². The molecule has 0 heterocycles. The predicted molar refractivity (Wildman–Crippen MR) is 107 cm³/mol. The summed E-state index contributed by atoms with van der Waals surface area (Å²) in [5.41, 5.74) is 0.802. The molecule has 2 rings (SSSR count). The van der Waals surface area contributed by atoms with Crippen molar-refractivity contribution in [3.8, 4) is 11.5 Å². The zero-order chi connectivity index (χ0) is 27.9. The maximum Gasteiger partial charge on any atom is 0.573 e. The second-order valence-corrected chi connectivity index (χ2v) is 7.48. The van der Waals surface area contributed by atoms with Crippen molar-refractivity contribution in [2.24, 2.45) is 0 Å². The van der Waals surface area contributed by atoms with Gasteiger partial charge in [-0.2, -0.15) is 35.1 Å². The van der Waals surface area contributed by atoms with Gasteiger partial charge in [-0.05, 0) is 48.6 Å². The maximum absolute atomic E-state index is 12.8. The van der Waals surface area contributed by atoms with Gasteiger partial charge in [0, 0.05) is 13.0 Å². The Morgan fingerprint density at radius 3 is 2.03 bits per heavy atom. The molecule has 2 aromatic rings. The molecule has 0 amide bonds. The first-order valence-electron chi connectivity index (χ1n) is 10.5. The van der Waals surface area contributed by atoms with E-state index in [-0.39, 0.29) is 18.6 Å². The van der Waals surface area contributed by atoms with Gasteiger partial charge in [-0.3, -0.25) is 4.74 Å². The Balaban J connectivity index is 2.08. The molecule has 0 radical (unpaired) electrons. The van der Waals surface area contributed by atoms with Gasteiger partial charge < -0.3 is 9.47 Å². The monoisotopic (exact) mass is 555 g/mol. The van der Waals surface area contributed by atoms with Gasteiger partial charge in [0.2, 0.25) is 6.29 Å². The second-order valence-electron chi connectivity index (χ2n) is 7.48. The highest BCUT2D eigenvalue weighted by molar-refractivity contribution is 5.35. The fourth-order valence-corrected chi connectivity index (χ4v) is 3.23. The number of hydrogen-bond acceptors (Lipinski definition) is 4. The minimum Gasteiger partial charge on any atom is -0.464 e. The van der Waals surface area contributed by atoms with Crippen LogP contribution in [0.4, 0.5) is 48.3 Å². The molecule has 208 valence electrons. The van der Waals surface area contributed by atoms with Gasteiger partial charge in [0.1, 0.15) is 11.5 Å².